The molecule has 0 radical (unpaired) electrons. The number of benzene rings is 2. The summed E-state index contributed by atoms with van der Waals surface area (Å²) in [5, 5.41) is 3.00. The summed E-state index contributed by atoms with van der Waals surface area (Å²) in [6.07, 6.45) is 2.85. The van der Waals surface area contributed by atoms with E-state index in [1.807, 2.05) is 64.1 Å². The van der Waals surface area contributed by atoms with Gasteiger partial charge in [-0.15, -0.1) is 0 Å². The van der Waals surface area contributed by atoms with Crippen molar-refractivity contribution in [3.63, 3.8) is 0 Å². The summed E-state index contributed by atoms with van der Waals surface area (Å²) < 4.78 is 31.5. The maximum absolute atomic E-state index is 13.5. The summed E-state index contributed by atoms with van der Waals surface area (Å²) >= 11 is 0. The molecule has 8 nitrogen and oxygen atoms in total. The molecule has 204 valence electrons. The van der Waals surface area contributed by atoms with Crippen LogP contribution in [0.5, 0.6) is 5.75 Å². The van der Waals surface area contributed by atoms with Crippen LogP contribution in [0.1, 0.15) is 57.6 Å². The molecule has 2 aromatic carbocycles. The number of nitrogens with one attached hydrogen (secondary N) is 1. The monoisotopic (exact) mass is 531 g/mol. The zero-order valence-electron chi connectivity index (χ0n) is 22.9. The number of ether oxygens (including phenoxy) is 1. The van der Waals surface area contributed by atoms with E-state index >= 15 is 0 Å². The van der Waals surface area contributed by atoms with E-state index in [9.17, 15) is 18.0 Å². The quantitative estimate of drug-likeness (QED) is 0.393. The SMILES string of the molecule is CC[C@H](C)NC(=O)[C@H](CC)N(Cc1ccc(OC)cc1)C(=O)CCCN(c1ccc(C)cc1)S(C)(=O)=O. The first-order valence-electron chi connectivity index (χ1n) is 12.8. The van der Waals surface area contributed by atoms with Gasteiger partial charge in [-0.3, -0.25) is 13.9 Å². The number of methoxy groups -OCH3 is 1. The Labute approximate surface area is 222 Å². The van der Waals surface area contributed by atoms with E-state index in [1.165, 1.54) is 4.31 Å². The fourth-order valence-electron chi connectivity index (χ4n) is 4.00. The van der Waals surface area contributed by atoms with Crippen molar-refractivity contribution in [3.8, 4) is 5.75 Å². The molecule has 0 saturated heterocycles. The average Bonchev–Trinajstić information content (AvgIpc) is 2.86. The Kier molecular flexibility index (Phi) is 11.4. The van der Waals surface area contributed by atoms with Crippen molar-refractivity contribution in [1.82, 2.24) is 10.2 Å². The van der Waals surface area contributed by atoms with Crippen LogP contribution >= 0.6 is 0 Å². The molecule has 37 heavy (non-hydrogen) atoms. The molecule has 9 heteroatoms. The summed E-state index contributed by atoms with van der Waals surface area (Å²) in [7, 11) is -1.93. The zero-order valence-corrected chi connectivity index (χ0v) is 23.7. The van der Waals surface area contributed by atoms with Crippen molar-refractivity contribution in [2.24, 2.45) is 0 Å². The molecular formula is C28H41N3O5S. The van der Waals surface area contributed by atoms with Crippen LogP contribution < -0.4 is 14.4 Å². The Morgan fingerprint density at radius 1 is 1.00 bits per heavy atom. The van der Waals surface area contributed by atoms with Gasteiger partial charge in [-0.1, -0.05) is 43.7 Å². The third-order valence-electron chi connectivity index (χ3n) is 6.37. The molecule has 0 saturated carbocycles. The number of carbonyl (C=O) groups excluding carboxylic acids is 2. The lowest BCUT2D eigenvalue weighted by molar-refractivity contribution is -0.141. The van der Waals surface area contributed by atoms with E-state index in [0.29, 0.717) is 24.3 Å². The summed E-state index contributed by atoms with van der Waals surface area (Å²) in [5.41, 5.74) is 2.47. The van der Waals surface area contributed by atoms with E-state index in [1.54, 1.807) is 24.1 Å². The highest BCUT2D eigenvalue weighted by Gasteiger charge is 2.29. The van der Waals surface area contributed by atoms with E-state index in [0.717, 1.165) is 23.8 Å². The van der Waals surface area contributed by atoms with Crippen LogP contribution in [0.15, 0.2) is 48.5 Å². The predicted molar refractivity (Wildman–Crippen MR) is 148 cm³/mol. The van der Waals surface area contributed by atoms with Gasteiger partial charge in [-0.05, 0) is 62.9 Å². The molecular weight excluding hydrogens is 490 g/mol. The Hall–Kier alpha value is -3.07. The highest BCUT2D eigenvalue weighted by atomic mass is 32.2. The molecule has 2 aromatic rings. The number of sulfonamides is 1. The third kappa shape index (κ3) is 9.07. The Morgan fingerprint density at radius 2 is 1.62 bits per heavy atom. The molecule has 1 N–H and O–H groups in total. The Balaban J connectivity index is 2.22. The maximum atomic E-state index is 13.5. The molecule has 0 aliphatic rings. The highest BCUT2D eigenvalue weighted by Crippen LogP contribution is 2.21. The van der Waals surface area contributed by atoms with Gasteiger partial charge >= 0.3 is 0 Å². The van der Waals surface area contributed by atoms with E-state index in [-0.39, 0.29) is 37.4 Å². The second-order valence-electron chi connectivity index (χ2n) is 9.39. The first-order chi connectivity index (χ1) is 17.5. The van der Waals surface area contributed by atoms with E-state index in [2.05, 4.69) is 5.32 Å². The second-order valence-corrected chi connectivity index (χ2v) is 11.3. The molecule has 0 heterocycles. The molecule has 0 aliphatic carbocycles. The lowest BCUT2D eigenvalue weighted by atomic mass is 10.1. The van der Waals surface area contributed by atoms with Crippen LogP contribution in [-0.2, 0) is 26.2 Å². The summed E-state index contributed by atoms with van der Waals surface area (Å²) in [5.74, 6) is 0.329. The molecule has 0 aliphatic heterocycles. The number of nitrogens with zero attached hydrogens (tertiary/aromatic N) is 2. The normalized spacial score (nSPS) is 12.9. The molecule has 2 atom stereocenters. The fourth-order valence-corrected chi connectivity index (χ4v) is 4.97. The number of carbonyl (C=O) groups is 2. The lowest BCUT2D eigenvalue weighted by Crippen LogP contribution is -2.50. The number of anilines is 1. The largest absolute Gasteiger partial charge is 0.497 e. The smallest absolute Gasteiger partial charge is 0.243 e. The standard InChI is InChI=1S/C28H41N3O5S/c1-7-22(4)29-28(33)26(8-2)30(20-23-13-17-25(36-5)18-14-23)27(32)10-9-19-31(37(6,34)35)24-15-11-21(3)12-16-24/h11-18,22,26H,7-10,19-20H2,1-6H3,(H,29,33)/t22-,26-/m0/s1. The van der Waals surface area contributed by atoms with Crippen LogP contribution in [0.3, 0.4) is 0 Å². The van der Waals surface area contributed by atoms with E-state index in [4.69, 9.17) is 4.74 Å². The number of aryl methyl sites for hydroxylation is 1. The van der Waals surface area contributed by atoms with E-state index < -0.39 is 16.1 Å². The van der Waals surface area contributed by atoms with Gasteiger partial charge in [0.1, 0.15) is 11.8 Å². The summed E-state index contributed by atoms with van der Waals surface area (Å²) in [6.45, 7) is 8.19. The number of hydrogen-bond acceptors (Lipinski definition) is 5. The van der Waals surface area contributed by atoms with Crippen LogP contribution in [0.2, 0.25) is 0 Å². The third-order valence-corrected chi connectivity index (χ3v) is 7.57. The van der Waals surface area contributed by atoms with Crippen molar-refractivity contribution in [2.45, 2.75) is 72.0 Å². The van der Waals surface area contributed by atoms with Crippen molar-refractivity contribution >= 4 is 27.5 Å². The zero-order chi connectivity index (χ0) is 27.6. The van der Waals surface area contributed by atoms with Crippen LogP contribution in [0.25, 0.3) is 0 Å². The minimum absolute atomic E-state index is 0.00248. The molecule has 0 spiro atoms. The van der Waals surface area contributed by atoms with Crippen molar-refractivity contribution < 1.29 is 22.7 Å². The molecule has 0 aromatic heterocycles. The number of amides is 2. The first-order valence-corrected chi connectivity index (χ1v) is 14.6. The first kappa shape index (κ1) is 30.2. The van der Waals surface area contributed by atoms with Crippen LogP contribution in [0.4, 0.5) is 5.69 Å². The average molecular weight is 532 g/mol. The second kappa shape index (κ2) is 14.0. The molecule has 2 rings (SSSR count). The number of hydrogen-bond donors (Lipinski definition) is 1. The Morgan fingerprint density at radius 3 is 2.14 bits per heavy atom. The van der Waals surface area contributed by atoms with Crippen LogP contribution in [0, 0.1) is 6.92 Å². The minimum atomic E-state index is -3.52. The molecule has 2 amide bonds. The van der Waals surface area contributed by atoms with Gasteiger partial charge in [0.25, 0.3) is 0 Å². The minimum Gasteiger partial charge on any atom is -0.497 e. The Bertz CT molecular complexity index is 1120. The molecule has 0 fully saturated rings. The summed E-state index contributed by atoms with van der Waals surface area (Å²) in [6, 6.07) is 14.0. The highest BCUT2D eigenvalue weighted by molar-refractivity contribution is 7.92. The van der Waals surface area contributed by atoms with Gasteiger partial charge in [0, 0.05) is 25.6 Å². The lowest BCUT2D eigenvalue weighted by Gasteiger charge is -2.32. The van der Waals surface area contributed by atoms with Crippen molar-refractivity contribution in [1.29, 1.82) is 0 Å². The van der Waals surface area contributed by atoms with Crippen molar-refractivity contribution in [2.75, 3.05) is 24.2 Å². The van der Waals surface area contributed by atoms with Crippen LogP contribution in [-0.4, -0.2) is 57.1 Å². The van der Waals surface area contributed by atoms with Crippen molar-refractivity contribution in [3.05, 3.63) is 59.7 Å². The van der Waals surface area contributed by atoms with Gasteiger partial charge in [0.15, 0.2) is 0 Å². The molecule has 0 bridgehead atoms. The van der Waals surface area contributed by atoms with Gasteiger partial charge in [0.05, 0.1) is 19.1 Å². The van der Waals surface area contributed by atoms with Gasteiger partial charge in [0.2, 0.25) is 21.8 Å². The topological polar surface area (TPSA) is 96.0 Å². The van der Waals surface area contributed by atoms with Gasteiger partial charge < -0.3 is 15.0 Å². The molecule has 0 unspecified atom stereocenters. The summed E-state index contributed by atoms with van der Waals surface area (Å²) in [4.78, 5) is 28.2. The predicted octanol–water partition coefficient (Wildman–Crippen LogP) is 4.27. The number of rotatable bonds is 14. The fraction of sp³-hybridized carbons (Fsp3) is 0.500. The van der Waals surface area contributed by atoms with Gasteiger partial charge in [-0.2, -0.15) is 0 Å². The van der Waals surface area contributed by atoms with Gasteiger partial charge in [-0.25, -0.2) is 8.42 Å². The maximum Gasteiger partial charge on any atom is 0.243 e.